The number of halogens is 1. The Morgan fingerprint density at radius 2 is 2.19 bits per heavy atom. The van der Waals surface area contributed by atoms with Crippen molar-refractivity contribution in [1.29, 1.82) is 0 Å². The lowest BCUT2D eigenvalue weighted by molar-refractivity contribution is -0.128. The molecule has 0 saturated carbocycles. The average molecular weight is 420 g/mol. The van der Waals surface area contributed by atoms with Gasteiger partial charge in [-0.25, -0.2) is 0 Å². The molecule has 2 heterocycles. The number of amides is 1. The fourth-order valence-electron chi connectivity index (χ4n) is 4.84. The largest absolute Gasteiger partial charge is 0.394 e. The van der Waals surface area contributed by atoms with E-state index in [4.69, 9.17) is 0 Å². The topological polar surface area (TPSA) is 57.5 Å². The van der Waals surface area contributed by atoms with Gasteiger partial charge in [-0.05, 0) is 59.9 Å². The van der Waals surface area contributed by atoms with E-state index < -0.39 is 0 Å². The summed E-state index contributed by atoms with van der Waals surface area (Å²) in [5.41, 5.74) is 4.02. The van der Waals surface area contributed by atoms with Crippen molar-refractivity contribution in [2.75, 3.05) is 20.2 Å². The first-order valence-corrected chi connectivity index (χ1v) is 10.1. The number of aryl methyl sites for hydroxylation is 1. The molecule has 0 bridgehead atoms. The molecule has 1 aromatic carbocycles. The van der Waals surface area contributed by atoms with Gasteiger partial charge in [-0.15, -0.1) is 0 Å². The number of piperidine rings is 1. The number of hydrogen-bond donors (Lipinski definition) is 2. The quantitative estimate of drug-likeness (QED) is 0.802. The molecule has 1 saturated heterocycles. The molecule has 1 amide bonds. The highest BCUT2D eigenvalue weighted by molar-refractivity contribution is 9.10. The van der Waals surface area contributed by atoms with Crippen LogP contribution in [-0.4, -0.2) is 52.8 Å². The lowest BCUT2D eigenvalue weighted by Gasteiger charge is -2.45. The summed E-state index contributed by atoms with van der Waals surface area (Å²) < 4.78 is 3.39. The maximum absolute atomic E-state index is 12.7. The van der Waals surface area contributed by atoms with Gasteiger partial charge in [0.15, 0.2) is 0 Å². The van der Waals surface area contributed by atoms with Gasteiger partial charge < -0.3 is 19.9 Å². The van der Waals surface area contributed by atoms with Gasteiger partial charge in [0, 0.05) is 42.5 Å². The van der Waals surface area contributed by atoms with E-state index >= 15 is 0 Å². The zero-order chi connectivity index (χ0) is 18.6. The molecule has 0 spiro atoms. The van der Waals surface area contributed by atoms with Crippen LogP contribution in [0.5, 0.6) is 0 Å². The summed E-state index contributed by atoms with van der Waals surface area (Å²) in [5.74, 6) is 0.378. The third-order valence-corrected chi connectivity index (χ3v) is 7.22. The van der Waals surface area contributed by atoms with Crippen LogP contribution in [0.15, 0.2) is 22.8 Å². The minimum absolute atomic E-state index is 0.0267. The van der Waals surface area contributed by atoms with Crippen molar-refractivity contribution in [3.63, 3.8) is 0 Å². The first-order valence-electron chi connectivity index (χ1n) is 9.29. The van der Waals surface area contributed by atoms with E-state index in [1.54, 1.807) is 0 Å². The highest BCUT2D eigenvalue weighted by Gasteiger charge is 2.42. The van der Waals surface area contributed by atoms with Gasteiger partial charge in [0.05, 0.1) is 17.1 Å². The van der Waals surface area contributed by atoms with E-state index in [0.29, 0.717) is 12.0 Å². The Hall–Kier alpha value is -1.37. The highest BCUT2D eigenvalue weighted by atomic mass is 79.9. The van der Waals surface area contributed by atoms with Gasteiger partial charge in [0.25, 0.3) is 0 Å². The van der Waals surface area contributed by atoms with Crippen LogP contribution in [0.3, 0.4) is 0 Å². The molecule has 26 heavy (non-hydrogen) atoms. The number of carbonyl (C=O) groups is 1. The normalized spacial score (nSPS) is 26.6. The molecule has 5 nitrogen and oxygen atoms in total. The third-order valence-electron chi connectivity index (χ3n) is 6.20. The summed E-state index contributed by atoms with van der Waals surface area (Å²) in [5, 5.41) is 13.5. The van der Waals surface area contributed by atoms with E-state index in [9.17, 15) is 9.90 Å². The van der Waals surface area contributed by atoms with Crippen molar-refractivity contribution in [3.8, 4) is 0 Å². The summed E-state index contributed by atoms with van der Waals surface area (Å²) in [6.07, 6.45) is 1.88. The lowest BCUT2D eigenvalue weighted by Crippen LogP contribution is -2.52. The number of carbonyl (C=O) groups excluding carboxylic acids is 1. The molecule has 2 aliphatic rings. The number of likely N-dealkylation sites (tertiary alicyclic amines) is 1. The molecule has 1 aliphatic carbocycles. The molecular formula is C20H26BrN3O2. The average Bonchev–Trinajstić information content (AvgIpc) is 2.88. The van der Waals surface area contributed by atoms with Crippen LogP contribution in [0.1, 0.15) is 30.4 Å². The number of nitrogens with zero attached hydrogens (tertiary/aromatic N) is 2. The Morgan fingerprint density at radius 1 is 1.42 bits per heavy atom. The Bertz CT molecular complexity index is 862. The summed E-state index contributed by atoms with van der Waals surface area (Å²) >= 11 is 3.79. The maximum Gasteiger partial charge on any atom is 0.224 e. The smallest absolute Gasteiger partial charge is 0.224 e. The number of fused-ring (bicyclic) bond motifs is 2. The minimum Gasteiger partial charge on any atom is -0.394 e. The fourth-order valence-corrected chi connectivity index (χ4v) is 5.39. The second kappa shape index (κ2) is 6.66. The molecular weight excluding hydrogens is 394 g/mol. The van der Waals surface area contributed by atoms with Crippen molar-refractivity contribution >= 4 is 32.7 Å². The molecule has 6 heteroatoms. The summed E-state index contributed by atoms with van der Waals surface area (Å²) in [7, 11) is 4.24. The van der Waals surface area contributed by atoms with Crippen LogP contribution >= 0.6 is 15.9 Å². The fraction of sp³-hybridized carbons (Fsp3) is 0.550. The van der Waals surface area contributed by atoms with Crippen LogP contribution < -0.4 is 5.32 Å². The molecule has 2 N–H and O–H groups in total. The van der Waals surface area contributed by atoms with E-state index in [1.807, 2.05) is 6.92 Å². The molecule has 1 fully saturated rings. The summed E-state index contributed by atoms with van der Waals surface area (Å²) in [6, 6.07) is 6.77. The molecule has 1 aromatic heterocycles. The van der Waals surface area contributed by atoms with E-state index in [2.05, 4.69) is 63.0 Å². The van der Waals surface area contributed by atoms with Gasteiger partial charge in [0.2, 0.25) is 5.91 Å². The zero-order valence-electron chi connectivity index (χ0n) is 15.5. The first-order chi connectivity index (χ1) is 12.4. The molecule has 140 valence electrons. The van der Waals surface area contributed by atoms with Crippen LogP contribution in [0.25, 0.3) is 10.9 Å². The van der Waals surface area contributed by atoms with Gasteiger partial charge in [-0.3, -0.25) is 4.79 Å². The number of aliphatic hydroxyl groups excluding tert-OH is 1. The highest BCUT2D eigenvalue weighted by Crippen LogP contribution is 2.47. The van der Waals surface area contributed by atoms with Crippen LogP contribution in [0.4, 0.5) is 0 Å². The minimum atomic E-state index is -0.197. The van der Waals surface area contributed by atoms with Crippen LogP contribution in [-0.2, 0) is 18.3 Å². The number of aliphatic hydroxyl groups is 1. The second-order valence-electron chi connectivity index (χ2n) is 7.91. The van der Waals surface area contributed by atoms with Crippen LogP contribution in [0.2, 0.25) is 0 Å². The first kappa shape index (κ1) is 18.0. The van der Waals surface area contributed by atoms with Crippen molar-refractivity contribution < 1.29 is 9.90 Å². The molecule has 1 aliphatic heterocycles. The molecule has 2 aromatic rings. The molecule has 4 atom stereocenters. The van der Waals surface area contributed by atoms with E-state index in [1.165, 1.54) is 26.6 Å². The van der Waals surface area contributed by atoms with E-state index in [0.717, 1.165) is 19.4 Å². The zero-order valence-corrected chi connectivity index (χ0v) is 17.1. The standard InChI is InChI=1S/C20H26BrN3O2/c1-11(10-25)22-20(26)12-7-14-13-5-4-6-16-18(13)15(19(21)24(16)3)8-17(14)23(2)9-12/h4-6,11-12,14,17,25H,7-10H2,1-3H3,(H,22,26)/t11-,12?,14?,17+/m0/s1. The predicted octanol–water partition coefficient (Wildman–Crippen LogP) is 2.40. The predicted molar refractivity (Wildman–Crippen MR) is 106 cm³/mol. The number of aromatic nitrogens is 1. The maximum atomic E-state index is 12.7. The Morgan fingerprint density at radius 3 is 2.92 bits per heavy atom. The van der Waals surface area contributed by atoms with Crippen molar-refractivity contribution in [1.82, 2.24) is 14.8 Å². The monoisotopic (exact) mass is 419 g/mol. The van der Waals surface area contributed by atoms with Crippen molar-refractivity contribution in [3.05, 3.63) is 33.9 Å². The Kier molecular flexibility index (Phi) is 4.61. The number of nitrogens with one attached hydrogen (secondary N) is 1. The molecule has 2 unspecified atom stereocenters. The van der Waals surface area contributed by atoms with Gasteiger partial charge in [-0.1, -0.05) is 12.1 Å². The van der Waals surface area contributed by atoms with Crippen LogP contribution in [0, 0.1) is 5.92 Å². The second-order valence-corrected chi connectivity index (χ2v) is 8.66. The summed E-state index contributed by atoms with van der Waals surface area (Å²) in [6.45, 7) is 2.57. The SMILES string of the molecule is C[C@@H](CO)NC(=O)C1CC2c3cccc4c3c(c(Br)n4C)C[C@H]2N(C)C1. The number of benzene rings is 1. The van der Waals surface area contributed by atoms with E-state index in [-0.39, 0.29) is 24.5 Å². The van der Waals surface area contributed by atoms with Gasteiger partial charge in [0.1, 0.15) is 0 Å². The van der Waals surface area contributed by atoms with Crippen molar-refractivity contribution in [2.24, 2.45) is 13.0 Å². The Labute approximate surface area is 162 Å². The number of likely N-dealkylation sites (N-methyl/N-ethyl adjacent to an activating group) is 1. The lowest BCUT2D eigenvalue weighted by atomic mass is 9.72. The molecule has 4 rings (SSSR count). The van der Waals surface area contributed by atoms with Crippen molar-refractivity contribution in [2.45, 2.75) is 37.8 Å². The number of rotatable bonds is 3. The summed E-state index contributed by atoms with van der Waals surface area (Å²) in [4.78, 5) is 15.0. The number of hydrogen-bond acceptors (Lipinski definition) is 3. The Balaban J connectivity index is 1.71. The van der Waals surface area contributed by atoms with Gasteiger partial charge >= 0.3 is 0 Å². The third kappa shape index (κ3) is 2.70. The van der Waals surface area contributed by atoms with Gasteiger partial charge in [-0.2, -0.15) is 0 Å². The molecule has 0 radical (unpaired) electrons.